The van der Waals surface area contributed by atoms with Crippen LogP contribution in [0.5, 0.6) is 0 Å². The molecule has 0 fully saturated rings. The van der Waals surface area contributed by atoms with Gasteiger partial charge in [-0.1, -0.05) is 42.5 Å². The summed E-state index contributed by atoms with van der Waals surface area (Å²) in [5.74, 6) is 0. The van der Waals surface area contributed by atoms with Crippen LogP contribution in [0, 0.1) is 11.3 Å². The van der Waals surface area contributed by atoms with Crippen LogP contribution >= 0.6 is 0 Å². The van der Waals surface area contributed by atoms with E-state index in [1.165, 1.54) is 12.2 Å². The smallest absolute Gasteiger partial charge is 0.0915 e. The molecule has 0 saturated carbocycles. The van der Waals surface area contributed by atoms with Crippen LogP contribution in [0.1, 0.15) is 5.56 Å². The zero-order chi connectivity index (χ0) is 10.2. The molecule has 0 radical (unpaired) electrons. The summed E-state index contributed by atoms with van der Waals surface area (Å²) >= 11 is 0. The highest BCUT2D eigenvalue weighted by molar-refractivity contribution is 5.49. The van der Waals surface area contributed by atoms with Gasteiger partial charge >= 0.3 is 0 Å². The molecule has 0 bridgehead atoms. The van der Waals surface area contributed by atoms with Gasteiger partial charge in [-0.15, -0.1) is 0 Å². The normalized spacial score (nSPS) is 13.1. The minimum Gasteiger partial charge on any atom is -0.385 e. The Morgan fingerprint density at radius 2 is 1.93 bits per heavy atom. The third kappa shape index (κ3) is 3.70. The van der Waals surface area contributed by atoms with E-state index in [0.29, 0.717) is 0 Å². The van der Waals surface area contributed by atoms with Crippen LogP contribution in [0.4, 0.5) is 0 Å². The Morgan fingerprint density at radius 1 is 1.21 bits per heavy atom. The molecule has 0 saturated heterocycles. The van der Waals surface area contributed by atoms with Gasteiger partial charge in [-0.3, -0.25) is 0 Å². The molecule has 2 nitrogen and oxygen atoms in total. The van der Waals surface area contributed by atoms with E-state index in [9.17, 15) is 5.11 Å². The highest BCUT2D eigenvalue weighted by Crippen LogP contribution is 2.02. The van der Waals surface area contributed by atoms with E-state index in [2.05, 4.69) is 0 Å². The average molecular weight is 185 g/mol. The van der Waals surface area contributed by atoms with E-state index in [-0.39, 0.29) is 0 Å². The standard InChI is InChI=1S/C12H11NO/c13-10-4-7-12(14)9-8-11-5-2-1-3-6-11/h1-9,12,14H/b7-4-,9-8+. The first kappa shape index (κ1) is 10.2. The molecule has 0 spiro atoms. The Labute approximate surface area is 83.4 Å². The maximum Gasteiger partial charge on any atom is 0.0915 e. The molecule has 1 aromatic carbocycles. The molecule has 0 aliphatic heterocycles. The minimum atomic E-state index is -0.699. The molecule has 1 aromatic rings. The predicted molar refractivity (Wildman–Crippen MR) is 56.2 cm³/mol. The maximum absolute atomic E-state index is 9.32. The van der Waals surface area contributed by atoms with Crippen LogP contribution in [0.25, 0.3) is 6.08 Å². The van der Waals surface area contributed by atoms with Crippen molar-refractivity contribution >= 4 is 6.08 Å². The molecule has 0 aromatic heterocycles. The van der Waals surface area contributed by atoms with Gasteiger partial charge in [0.25, 0.3) is 0 Å². The quantitative estimate of drug-likeness (QED) is 0.733. The van der Waals surface area contributed by atoms with E-state index < -0.39 is 6.10 Å². The summed E-state index contributed by atoms with van der Waals surface area (Å²) in [7, 11) is 0. The molecule has 0 aliphatic carbocycles. The molecule has 0 amide bonds. The summed E-state index contributed by atoms with van der Waals surface area (Å²) in [6, 6.07) is 11.5. The van der Waals surface area contributed by atoms with Crippen LogP contribution in [0.2, 0.25) is 0 Å². The highest BCUT2D eigenvalue weighted by atomic mass is 16.3. The Hall–Kier alpha value is -1.85. The summed E-state index contributed by atoms with van der Waals surface area (Å²) < 4.78 is 0. The third-order valence-electron chi connectivity index (χ3n) is 1.65. The third-order valence-corrected chi connectivity index (χ3v) is 1.65. The monoisotopic (exact) mass is 185 g/mol. The van der Waals surface area contributed by atoms with Gasteiger partial charge in [0.05, 0.1) is 12.2 Å². The molecule has 2 heteroatoms. The number of nitriles is 1. The molecule has 70 valence electrons. The SMILES string of the molecule is N#C/C=C\C(O)/C=C/c1ccccc1. The van der Waals surface area contributed by atoms with Gasteiger partial charge in [-0.05, 0) is 11.6 Å². The second-order valence-corrected chi connectivity index (χ2v) is 2.75. The van der Waals surface area contributed by atoms with E-state index in [1.54, 1.807) is 6.08 Å². The van der Waals surface area contributed by atoms with Crippen molar-refractivity contribution in [1.82, 2.24) is 0 Å². The van der Waals surface area contributed by atoms with Crippen molar-refractivity contribution in [3.8, 4) is 6.07 Å². The first-order valence-corrected chi connectivity index (χ1v) is 4.30. The topological polar surface area (TPSA) is 44.0 Å². The van der Waals surface area contributed by atoms with Crippen molar-refractivity contribution in [3.05, 3.63) is 54.1 Å². The molecule has 0 heterocycles. The van der Waals surface area contributed by atoms with Crippen molar-refractivity contribution in [1.29, 1.82) is 5.26 Å². The first-order valence-electron chi connectivity index (χ1n) is 4.30. The largest absolute Gasteiger partial charge is 0.385 e. The van der Waals surface area contributed by atoms with E-state index in [1.807, 2.05) is 42.5 Å². The van der Waals surface area contributed by atoms with Crippen molar-refractivity contribution in [2.75, 3.05) is 0 Å². The Morgan fingerprint density at radius 3 is 2.57 bits per heavy atom. The lowest BCUT2D eigenvalue weighted by atomic mass is 10.2. The zero-order valence-corrected chi connectivity index (χ0v) is 7.67. The van der Waals surface area contributed by atoms with Gasteiger partial charge in [-0.2, -0.15) is 5.26 Å². The minimum absolute atomic E-state index is 0.699. The van der Waals surface area contributed by atoms with Crippen LogP contribution < -0.4 is 0 Å². The fourth-order valence-electron chi connectivity index (χ4n) is 0.980. The number of nitrogens with zero attached hydrogens (tertiary/aromatic N) is 1. The number of allylic oxidation sites excluding steroid dienone is 1. The first-order chi connectivity index (χ1) is 6.83. The van der Waals surface area contributed by atoms with Gasteiger partial charge < -0.3 is 5.11 Å². The van der Waals surface area contributed by atoms with Crippen molar-refractivity contribution in [3.63, 3.8) is 0 Å². The lowest BCUT2D eigenvalue weighted by molar-refractivity contribution is 0.272. The number of aliphatic hydroxyl groups is 1. The van der Waals surface area contributed by atoms with Gasteiger partial charge in [0.1, 0.15) is 0 Å². The van der Waals surface area contributed by atoms with E-state index in [4.69, 9.17) is 5.26 Å². The lowest BCUT2D eigenvalue weighted by Gasteiger charge is -1.95. The number of hydrogen-bond donors (Lipinski definition) is 1. The van der Waals surface area contributed by atoms with Crippen molar-refractivity contribution in [2.45, 2.75) is 6.10 Å². The predicted octanol–water partition coefficient (Wildman–Crippen LogP) is 2.14. The number of rotatable bonds is 3. The summed E-state index contributed by atoms with van der Waals surface area (Å²) in [5, 5.41) is 17.5. The fourth-order valence-corrected chi connectivity index (χ4v) is 0.980. The summed E-state index contributed by atoms with van der Waals surface area (Å²) in [5.41, 5.74) is 1.02. The van der Waals surface area contributed by atoms with Crippen LogP contribution in [0.15, 0.2) is 48.6 Å². The Bertz CT molecular complexity index is 360. The summed E-state index contributed by atoms with van der Waals surface area (Å²) in [6.07, 6.45) is 5.43. The van der Waals surface area contributed by atoms with Crippen LogP contribution in [-0.4, -0.2) is 11.2 Å². The Balaban J connectivity index is 2.57. The Kier molecular flexibility index (Phi) is 4.19. The molecule has 1 unspecified atom stereocenters. The van der Waals surface area contributed by atoms with Crippen LogP contribution in [-0.2, 0) is 0 Å². The maximum atomic E-state index is 9.32. The van der Waals surface area contributed by atoms with Gasteiger partial charge in [0.15, 0.2) is 0 Å². The lowest BCUT2D eigenvalue weighted by Crippen LogP contribution is -1.94. The average Bonchev–Trinajstić information content (AvgIpc) is 2.25. The molecule has 1 N–H and O–H groups in total. The molecular weight excluding hydrogens is 174 g/mol. The number of benzene rings is 1. The summed E-state index contributed by atoms with van der Waals surface area (Å²) in [6.45, 7) is 0. The van der Waals surface area contributed by atoms with Gasteiger partial charge in [-0.25, -0.2) is 0 Å². The number of aliphatic hydroxyl groups excluding tert-OH is 1. The molecule has 1 atom stereocenters. The van der Waals surface area contributed by atoms with E-state index >= 15 is 0 Å². The van der Waals surface area contributed by atoms with E-state index in [0.717, 1.165) is 5.56 Å². The fraction of sp³-hybridized carbons (Fsp3) is 0.0833. The zero-order valence-electron chi connectivity index (χ0n) is 7.67. The van der Waals surface area contributed by atoms with Gasteiger partial charge in [0, 0.05) is 6.08 Å². The molecule has 0 aliphatic rings. The molecule has 1 rings (SSSR count). The van der Waals surface area contributed by atoms with Crippen LogP contribution in [0.3, 0.4) is 0 Å². The second kappa shape index (κ2) is 5.74. The highest BCUT2D eigenvalue weighted by Gasteiger charge is 1.90. The van der Waals surface area contributed by atoms with Gasteiger partial charge in [0.2, 0.25) is 0 Å². The second-order valence-electron chi connectivity index (χ2n) is 2.75. The molecular formula is C12H11NO. The number of hydrogen-bond acceptors (Lipinski definition) is 2. The molecule has 14 heavy (non-hydrogen) atoms. The van der Waals surface area contributed by atoms with Crippen molar-refractivity contribution in [2.24, 2.45) is 0 Å². The van der Waals surface area contributed by atoms with Crippen molar-refractivity contribution < 1.29 is 5.11 Å². The summed E-state index contributed by atoms with van der Waals surface area (Å²) in [4.78, 5) is 0.